The Kier molecular flexibility index (Phi) is 6.12. The summed E-state index contributed by atoms with van der Waals surface area (Å²) in [5.41, 5.74) is 8.69. The molecular weight excluding hydrogens is 524 g/mol. The minimum Gasteiger partial charge on any atom is -0.453 e. The van der Waals surface area contributed by atoms with Gasteiger partial charge in [-0.25, -0.2) is 0 Å². The van der Waals surface area contributed by atoms with Crippen molar-refractivity contribution in [2.45, 2.75) is 0 Å². The Bertz CT molecular complexity index is 2050. The number of hydrogen-bond acceptors (Lipinski definition) is 3. The highest BCUT2D eigenvalue weighted by molar-refractivity contribution is 5.92. The SMILES string of the molecule is c1ccc(-c2ccc(N(c3ccc4c(c3)Oc3ccccc3N4c3ccccc3)c3ccc4ccccc4c3)cc2)cc1. The molecule has 0 amide bonds. The first kappa shape index (κ1) is 25.0. The molecule has 43 heavy (non-hydrogen) atoms. The van der Waals surface area contributed by atoms with E-state index in [1.54, 1.807) is 0 Å². The average molecular weight is 553 g/mol. The third kappa shape index (κ3) is 4.58. The Morgan fingerprint density at radius 3 is 1.79 bits per heavy atom. The number of benzene rings is 7. The van der Waals surface area contributed by atoms with Crippen molar-refractivity contribution in [2.75, 3.05) is 9.80 Å². The molecule has 0 saturated heterocycles. The van der Waals surface area contributed by atoms with E-state index in [1.165, 1.54) is 21.9 Å². The van der Waals surface area contributed by atoms with E-state index in [9.17, 15) is 0 Å². The van der Waals surface area contributed by atoms with Crippen molar-refractivity contribution in [3.8, 4) is 22.6 Å². The monoisotopic (exact) mass is 552 g/mol. The van der Waals surface area contributed by atoms with E-state index in [0.717, 1.165) is 45.6 Å². The van der Waals surface area contributed by atoms with Gasteiger partial charge in [-0.15, -0.1) is 0 Å². The highest BCUT2D eigenvalue weighted by atomic mass is 16.5. The third-order valence-corrected chi connectivity index (χ3v) is 8.01. The summed E-state index contributed by atoms with van der Waals surface area (Å²) in [6.07, 6.45) is 0. The van der Waals surface area contributed by atoms with E-state index >= 15 is 0 Å². The van der Waals surface area contributed by atoms with Crippen molar-refractivity contribution >= 4 is 44.9 Å². The molecule has 0 bridgehead atoms. The molecule has 0 saturated carbocycles. The number of anilines is 6. The fraction of sp³-hybridized carbons (Fsp3) is 0. The molecule has 7 aromatic rings. The predicted molar refractivity (Wildman–Crippen MR) is 179 cm³/mol. The van der Waals surface area contributed by atoms with Crippen LogP contribution in [0.4, 0.5) is 34.1 Å². The van der Waals surface area contributed by atoms with Gasteiger partial charge in [0.05, 0.1) is 11.4 Å². The lowest BCUT2D eigenvalue weighted by atomic mass is 10.0. The van der Waals surface area contributed by atoms with Crippen molar-refractivity contribution in [1.82, 2.24) is 0 Å². The Balaban J connectivity index is 1.27. The van der Waals surface area contributed by atoms with Crippen LogP contribution in [0.1, 0.15) is 0 Å². The minimum absolute atomic E-state index is 0.812. The maximum Gasteiger partial charge on any atom is 0.153 e. The van der Waals surface area contributed by atoms with Crippen molar-refractivity contribution in [3.05, 3.63) is 170 Å². The lowest BCUT2D eigenvalue weighted by Crippen LogP contribution is -2.16. The van der Waals surface area contributed by atoms with Gasteiger partial charge in [0.25, 0.3) is 0 Å². The third-order valence-electron chi connectivity index (χ3n) is 8.01. The number of para-hydroxylation sites is 3. The first-order valence-corrected chi connectivity index (χ1v) is 14.5. The van der Waals surface area contributed by atoms with Gasteiger partial charge in [-0.1, -0.05) is 103 Å². The molecule has 0 fully saturated rings. The quantitative estimate of drug-likeness (QED) is 0.211. The summed E-state index contributed by atoms with van der Waals surface area (Å²) in [5, 5.41) is 2.42. The second-order valence-electron chi connectivity index (χ2n) is 10.7. The molecule has 204 valence electrons. The zero-order valence-electron chi connectivity index (χ0n) is 23.5. The molecule has 3 nitrogen and oxygen atoms in total. The van der Waals surface area contributed by atoms with E-state index in [-0.39, 0.29) is 0 Å². The zero-order chi connectivity index (χ0) is 28.6. The molecule has 0 aromatic heterocycles. The molecule has 1 heterocycles. The Morgan fingerprint density at radius 1 is 0.395 bits per heavy atom. The van der Waals surface area contributed by atoms with Crippen molar-refractivity contribution in [2.24, 2.45) is 0 Å². The molecule has 3 heteroatoms. The van der Waals surface area contributed by atoms with Crippen LogP contribution in [0.25, 0.3) is 21.9 Å². The van der Waals surface area contributed by atoms with Gasteiger partial charge >= 0.3 is 0 Å². The molecule has 7 aromatic carbocycles. The number of fused-ring (bicyclic) bond motifs is 3. The number of ether oxygens (including phenoxy) is 1. The second kappa shape index (κ2) is 10.6. The van der Waals surface area contributed by atoms with Gasteiger partial charge in [0.2, 0.25) is 0 Å². The van der Waals surface area contributed by atoms with Gasteiger partial charge in [-0.05, 0) is 82.6 Å². The fourth-order valence-electron chi connectivity index (χ4n) is 5.94. The molecule has 0 radical (unpaired) electrons. The van der Waals surface area contributed by atoms with E-state index in [1.807, 2.05) is 18.2 Å². The normalized spacial score (nSPS) is 11.9. The van der Waals surface area contributed by atoms with E-state index in [4.69, 9.17) is 4.74 Å². The number of rotatable bonds is 5. The van der Waals surface area contributed by atoms with Gasteiger partial charge < -0.3 is 14.5 Å². The van der Waals surface area contributed by atoms with Gasteiger partial charge in [-0.3, -0.25) is 0 Å². The summed E-state index contributed by atoms with van der Waals surface area (Å²) in [6.45, 7) is 0. The van der Waals surface area contributed by atoms with Crippen LogP contribution in [0.5, 0.6) is 11.5 Å². The number of nitrogens with zero attached hydrogens (tertiary/aromatic N) is 2. The Hall–Kier alpha value is -5.80. The minimum atomic E-state index is 0.812. The van der Waals surface area contributed by atoms with Crippen LogP contribution < -0.4 is 14.5 Å². The maximum atomic E-state index is 6.57. The van der Waals surface area contributed by atoms with E-state index in [0.29, 0.717) is 0 Å². The molecule has 1 aliphatic rings. The van der Waals surface area contributed by atoms with Crippen LogP contribution in [0, 0.1) is 0 Å². The van der Waals surface area contributed by atoms with Gasteiger partial charge in [0.1, 0.15) is 0 Å². The highest BCUT2D eigenvalue weighted by Gasteiger charge is 2.27. The van der Waals surface area contributed by atoms with Crippen LogP contribution in [0.15, 0.2) is 170 Å². The van der Waals surface area contributed by atoms with Crippen LogP contribution in [0.2, 0.25) is 0 Å². The van der Waals surface area contributed by atoms with E-state index < -0.39 is 0 Å². The fourth-order valence-corrected chi connectivity index (χ4v) is 5.94. The topological polar surface area (TPSA) is 15.7 Å². The maximum absolute atomic E-state index is 6.57. The zero-order valence-corrected chi connectivity index (χ0v) is 23.5. The van der Waals surface area contributed by atoms with Crippen LogP contribution in [0.3, 0.4) is 0 Å². The van der Waals surface area contributed by atoms with Crippen molar-refractivity contribution in [1.29, 1.82) is 0 Å². The predicted octanol–water partition coefficient (Wildman–Crippen LogP) is 11.6. The first-order valence-electron chi connectivity index (χ1n) is 14.5. The largest absolute Gasteiger partial charge is 0.453 e. The second-order valence-corrected chi connectivity index (χ2v) is 10.7. The number of hydrogen-bond donors (Lipinski definition) is 0. The molecule has 0 aliphatic carbocycles. The molecule has 1 aliphatic heterocycles. The molecule has 0 N–H and O–H groups in total. The lowest BCUT2D eigenvalue weighted by molar-refractivity contribution is 0.477. The average Bonchev–Trinajstić information content (AvgIpc) is 3.08. The molecule has 0 unspecified atom stereocenters. The lowest BCUT2D eigenvalue weighted by Gasteiger charge is -2.34. The van der Waals surface area contributed by atoms with Crippen molar-refractivity contribution in [3.63, 3.8) is 0 Å². The van der Waals surface area contributed by atoms with Crippen molar-refractivity contribution < 1.29 is 4.74 Å². The van der Waals surface area contributed by atoms with E-state index in [2.05, 4.69) is 161 Å². The first-order chi connectivity index (χ1) is 21.3. The van der Waals surface area contributed by atoms with Crippen LogP contribution in [-0.4, -0.2) is 0 Å². The van der Waals surface area contributed by atoms with Gasteiger partial charge in [0.15, 0.2) is 11.5 Å². The van der Waals surface area contributed by atoms with Gasteiger partial charge in [0, 0.05) is 28.8 Å². The smallest absolute Gasteiger partial charge is 0.153 e. The standard InChI is InChI=1S/C40H28N2O/c1-3-11-29(12-4-1)31-19-22-34(23-20-31)41(35-24-21-30-13-7-8-14-32(30)27-35)36-25-26-38-40(28-36)43-39-18-10-9-17-37(39)42(38)33-15-5-2-6-16-33/h1-28H. The summed E-state index contributed by atoms with van der Waals surface area (Å²) in [7, 11) is 0. The Labute approximate surface area is 251 Å². The highest BCUT2D eigenvalue weighted by Crippen LogP contribution is 2.52. The summed E-state index contributed by atoms with van der Waals surface area (Å²) in [6, 6.07) is 59.6. The van der Waals surface area contributed by atoms with Crippen LogP contribution in [-0.2, 0) is 0 Å². The summed E-state index contributed by atoms with van der Waals surface area (Å²) >= 11 is 0. The van der Waals surface area contributed by atoms with Crippen LogP contribution >= 0.6 is 0 Å². The Morgan fingerprint density at radius 2 is 0.977 bits per heavy atom. The molecular formula is C40H28N2O. The summed E-state index contributed by atoms with van der Waals surface area (Å²) in [5.74, 6) is 1.65. The molecule has 8 rings (SSSR count). The summed E-state index contributed by atoms with van der Waals surface area (Å²) in [4.78, 5) is 4.57. The summed E-state index contributed by atoms with van der Waals surface area (Å²) < 4.78 is 6.57. The van der Waals surface area contributed by atoms with Gasteiger partial charge in [-0.2, -0.15) is 0 Å². The molecule has 0 atom stereocenters. The molecule has 0 spiro atoms.